The molecule has 0 radical (unpaired) electrons. The normalized spacial score (nSPS) is 10.7. The molecular formula is C20H20N4O3S. The number of nitrogen functional groups attached to an aromatic ring is 2. The number of amides is 2. The van der Waals surface area contributed by atoms with Gasteiger partial charge in [-0.25, -0.2) is 11.7 Å². The lowest BCUT2D eigenvalue weighted by atomic mass is 9.99. The Morgan fingerprint density at radius 2 is 1.36 bits per heavy atom. The Kier molecular flexibility index (Phi) is 6.51. The Bertz CT molecular complexity index is 866. The summed E-state index contributed by atoms with van der Waals surface area (Å²) in [5.41, 5.74) is 6.89. The zero-order valence-corrected chi connectivity index (χ0v) is 15.7. The van der Waals surface area contributed by atoms with E-state index in [1.807, 2.05) is 41.8 Å². The number of rotatable bonds is 7. The van der Waals surface area contributed by atoms with Gasteiger partial charge >= 0.3 is 0 Å². The lowest BCUT2D eigenvalue weighted by Crippen LogP contribution is -2.30. The van der Waals surface area contributed by atoms with E-state index >= 15 is 0 Å². The summed E-state index contributed by atoms with van der Waals surface area (Å²) < 4.78 is 6.17. The summed E-state index contributed by atoms with van der Waals surface area (Å²) in [5, 5.41) is 1.99. The monoisotopic (exact) mass is 396 g/mol. The number of carbonyl (C=O) groups is 2. The highest BCUT2D eigenvalue weighted by atomic mass is 32.1. The van der Waals surface area contributed by atoms with Crippen molar-refractivity contribution in [3.05, 3.63) is 93.2 Å². The summed E-state index contributed by atoms with van der Waals surface area (Å²) in [6.45, 7) is 0.443. The first-order valence-electron chi connectivity index (χ1n) is 8.48. The van der Waals surface area contributed by atoms with Crippen LogP contribution in [0, 0.1) is 0 Å². The fourth-order valence-electron chi connectivity index (χ4n) is 2.73. The number of nitrogens with two attached hydrogens (primary N) is 2. The zero-order chi connectivity index (χ0) is 19.9. The largest absolute Gasteiger partial charge is 0.363 e. The second-order valence-corrected chi connectivity index (χ2v) is 6.99. The smallest absolute Gasteiger partial charge is 0.265 e. The molecule has 8 heteroatoms. The Morgan fingerprint density at radius 3 is 1.75 bits per heavy atom. The van der Waals surface area contributed by atoms with Gasteiger partial charge in [0.05, 0.1) is 6.61 Å². The van der Waals surface area contributed by atoms with E-state index in [0.717, 1.165) is 16.0 Å². The minimum absolute atomic E-state index is 0.361. The van der Waals surface area contributed by atoms with Crippen molar-refractivity contribution in [3.8, 4) is 0 Å². The van der Waals surface area contributed by atoms with Crippen molar-refractivity contribution in [3.63, 3.8) is 0 Å². The van der Waals surface area contributed by atoms with Crippen LogP contribution < -0.4 is 22.5 Å². The molecular weight excluding hydrogens is 376 g/mol. The summed E-state index contributed by atoms with van der Waals surface area (Å²) in [7, 11) is 0. The van der Waals surface area contributed by atoms with Gasteiger partial charge in [0.15, 0.2) is 0 Å². The quantitative estimate of drug-likeness (QED) is 0.277. The summed E-state index contributed by atoms with van der Waals surface area (Å²) in [4.78, 5) is 24.4. The molecule has 0 unspecified atom stereocenters. The van der Waals surface area contributed by atoms with Gasteiger partial charge in [0.2, 0.25) is 0 Å². The number of benzene rings is 2. The molecule has 144 valence electrons. The van der Waals surface area contributed by atoms with Gasteiger partial charge in [0.1, 0.15) is 6.10 Å². The average Bonchev–Trinajstić information content (AvgIpc) is 3.27. The number of hydrazine groups is 2. The maximum atomic E-state index is 11.7. The van der Waals surface area contributed by atoms with Crippen molar-refractivity contribution in [2.24, 2.45) is 11.7 Å². The van der Waals surface area contributed by atoms with E-state index in [2.05, 4.69) is 10.9 Å². The third kappa shape index (κ3) is 4.62. The number of hydrogen-bond donors (Lipinski definition) is 4. The van der Waals surface area contributed by atoms with Crippen LogP contribution in [-0.4, -0.2) is 11.8 Å². The molecule has 3 rings (SSSR count). The Labute approximate surface area is 166 Å². The minimum Gasteiger partial charge on any atom is -0.363 e. The van der Waals surface area contributed by atoms with E-state index in [4.69, 9.17) is 16.4 Å². The van der Waals surface area contributed by atoms with Crippen molar-refractivity contribution in [2.75, 3.05) is 0 Å². The van der Waals surface area contributed by atoms with Crippen LogP contribution in [0.2, 0.25) is 0 Å². The summed E-state index contributed by atoms with van der Waals surface area (Å²) in [6, 6.07) is 18.0. The van der Waals surface area contributed by atoms with E-state index in [1.165, 1.54) is 0 Å². The van der Waals surface area contributed by atoms with Gasteiger partial charge in [0.25, 0.3) is 11.8 Å². The maximum absolute atomic E-state index is 11.7. The van der Waals surface area contributed by atoms with Crippen molar-refractivity contribution >= 4 is 23.2 Å². The first-order valence-corrected chi connectivity index (χ1v) is 9.36. The second kappa shape index (κ2) is 9.25. The van der Waals surface area contributed by atoms with Crippen molar-refractivity contribution in [2.45, 2.75) is 12.7 Å². The van der Waals surface area contributed by atoms with E-state index in [1.54, 1.807) is 35.6 Å². The fraction of sp³-hybridized carbons (Fsp3) is 0.100. The zero-order valence-electron chi connectivity index (χ0n) is 14.9. The van der Waals surface area contributed by atoms with Crippen LogP contribution in [0.4, 0.5) is 0 Å². The summed E-state index contributed by atoms with van der Waals surface area (Å²) >= 11 is 1.62. The molecule has 0 bridgehead atoms. The SMILES string of the molecule is NNC(=O)c1ccc(C(OCc2cccs2)c2ccc(C(=O)NN)cc2)cc1. The van der Waals surface area contributed by atoms with E-state index < -0.39 is 0 Å². The highest BCUT2D eigenvalue weighted by Crippen LogP contribution is 2.28. The highest BCUT2D eigenvalue weighted by Gasteiger charge is 2.17. The highest BCUT2D eigenvalue weighted by molar-refractivity contribution is 7.09. The van der Waals surface area contributed by atoms with Gasteiger partial charge in [-0.05, 0) is 46.8 Å². The molecule has 0 aliphatic carbocycles. The predicted molar refractivity (Wildman–Crippen MR) is 107 cm³/mol. The third-order valence-corrected chi connectivity index (χ3v) is 5.04. The molecule has 0 spiro atoms. The molecule has 6 N–H and O–H groups in total. The molecule has 1 heterocycles. The Balaban J connectivity index is 1.88. The molecule has 0 saturated carbocycles. The van der Waals surface area contributed by atoms with Crippen LogP contribution in [0.15, 0.2) is 66.0 Å². The predicted octanol–water partition coefficient (Wildman–Crippen LogP) is 2.26. The van der Waals surface area contributed by atoms with E-state index in [0.29, 0.717) is 17.7 Å². The van der Waals surface area contributed by atoms with Crippen LogP contribution >= 0.6 is 11.3 Å². The van der Waals surface area contributed by atoms with Crippen LogP contribution in [-0.2, 0) is 11.3 Å². The summed E-state index contributed by atoms with van der Waals surface area (Å²) in [6.07, 6.45) is -0.368. The first kappa shape index (κ1) is 19.7. The van der Waals surface area contributed by atoms with Crippen molar-refractivity contribution < 1.29 is 14.3 Å². The number of nitrogens with one attached hydrogen (secondary N) is 2. The number of hydrogen-bond acceptors (Lipinski definition) is 6. The second-order valence-electron chi connectivity index (χ2n) is 5.96. The van der Waals surface area contributed by atoms with E-state index in [-0.39, 0.29) is 17.9 Å². The van der Waals surface area contributed by atoms with Gasteiger partial charge in [-0.3, -0.25) is 20.4 Å². The molecule has 0 fully saturated rings. The van der Waals surface area contributed by atoms with Crippen LogP contribution in [0.5, 0.6) is 0 Å². The van der Waals surface area contributed by atoms with Crippen molar-refractivity contribution in [1.82, 2.24) is 10.9 Å². The first-order chi connectivity index (χ1) is 13.6. The molecule has 0 saturated heterocycles. The Morgan fingerprint density at radius 1 is 0.857 bits per heavy atom. The lowest BCUT2D eigenvalue weighted by molar-refractivity contribution is 0.0684. The number of ether oxygens (including phenoxy) is 1. The molecule has 28 heavy (non-hydrogen) atoms. The fourth-order valence-corrected chi connectivity index (χ4v) is 3.36. The number of carbonyl (C=O) groups excluding carboxylic acids is 2. The van der Waals surface area contributed by atoms with Crippen LogP contribution in [0.3, 0.4) is 0 Å². The standard InChI is InChI=1S/C20H20N4O3S/c21-23-19(25)15-7-3-13(4-8-15)18(27-12-17-2-1-11-28-17)14-5-9-16(10-6-14)20(26)24-22/h1-11,18H,12,21-22H2,(H,23,25)(H,24,26). The average molecular weight is 396 g/mol. The molecule has 7 nitrogen and oxygen atoms in total. The maximum Gasteiger partial charge on any atom is 0.265 e. The van der Waals surface area contributed by atoms with Gasteiger partial charge in [-0.15, -0.1) is 11.3 Å². The molecule has 1 aromatic heterocycles. The van der Waals surface area contributed by atoms with Crippen LogP contribution in [0.25, 0.3) is 0 Å². The van der Waals surface area contributed by atoms with Gasteiger partial charge in [-0.1, -0.05) is 30.3 Å². The molecule has 0 aliphatic heterocycles. The summed E-state index contributed by atoms with van der Waals surface area (Å²) in [5.74, 6) is 9.64. The van der Waals surface area contributed by atoms with Crippen molar-refractivity contribution in [1.29, 1.82) is 0 Å². The Hall–Kier alpha value is -3.04. The lowest BCUT2D eigenvalue weighted by Gasteiger charge is -2.19. The molecule has 0 atom stereocenters. The molecule has 3 aromatic rings. The number of thiophene rings is 1. The molecule has 2 aromatic carbocycles. The van der Waals surface area contributed by atoms with E-state index in [9.17, 15) is 9.59 Å². The van der Waals surface area contributed by atoms with Gasteiger partial charge in [-0.2, -0.15) is 0 Å². The van der Waals surface area contributed by atoms with Gasteiger partial charge < -0.3 is 4.74 Å². The third-order valence-electron chi connectivity index (χ3n) is 4.19. The topological polar surface area (TPSA) is 119 Å². The molecule has 2 amide bonds. The molecule has 0 aliphatic rings. The van der Waals surface area contributed by atoms with Gasteiger partial charge in [0, 0.05) is 16.0 Å². The minimum atomic E-state index is -0.368. The van der Waals surface area contributed by atoms with Crippen LogP contribution in [0.1, 0.15) is 42.8 Å².